The molecule has 0 atom stereocenters. The summed E-state index contributed by atoms with van der Waals surface area (Å²) in [6.45, 7) is 1.86. The van der Waals surface area contributed by atoms with Gasteiger partial charge in [0.1, 0.15) is 9.84 Å². The highest BCUT2D eigenvalue weighted by Crippen LogP contribution is 2.09. The molecule has 0 aliphatic heterocycles. The molecule has 0 saturated carbocycles. The van der Waals surface area contributed by atoms with Crippen molar-refractivity contribution >= 4 is 21.8 Å². The molecule has 0 fully saturated rings. The van der Waals surface area contributed by atoms with Gasteiger partial charge in [0.25, 0.3) is 0 Å². The largest absolute Gasteiger partial charge is 0.477 e. The van der Waals surface area contributed by atoms with Crippen LogP contribution in [-0.2, 0) is 9.84 Å². The van der Waals surface area contributed by atoms with Crippen LogP contribution < -0.4 is 4.90 Å². The van der Waals surface area contributed by atoms with Gasteiger partial charge in [-0.2, -0.15) is 0 Å². The van der Waals surface area contributed by atoms with Crippen LogP contribution in [0.2, 0.25) is 0 Å². The number of anilines is 1. The smallest absolute Gasteiger partial charge is 0.354 e. The van der Waals surface area contributed by atoms with Crippen LogP contribution in [0.5, 0.6) is 0 Å². The average Bonchev–Trinajstić information content (AvgIpc) is 2.23. The molecular formula is C10H15N3O4S. The van der Waals surface area contributed by atoms with Crippen molar-refractivity contribution in [2.24, 2.45) is 0 Å². The van der Waals surface area contributed by atoms with Gasteiger partial charge in [-0.25, -0.2) is 23.2 Å². The number of aryl methyl sites for hydroxylation is 1. The number of nitrogens with zero attached hydrogens (tertiary/aromatic N) is 3. The number of aromatic nitrogens is 2. The van der Waals surface area contributed by atoms with Crippen LogP contribution in [0.3, 0.4) is 0 Å². The van der Waals surface area contributed by atoms with E-state index in [1.54, 1.807) is 14.0 Å². The van der Waals surface area contributed by atoms with Gasteiger partial charge >= 0.3 is 5.97 Å². The van der Waals surface area contributed by atoms with Crippen LogP contribution in [0.1, 0.15) is 16.2 Å². The van der Waals surface area contributed by atoms with Crippen LogP contribution in [0.15, 0.2) is 6.07 Å². The fourth-order valence-electron chi connectivity index (χ4n) is 1.24. The summed E-state index contributed by atoms with van der Waals surface area (Å²) in [5.41, 5.74) is 0.410. The van der Waals surface area contributed by atoms with E-state index in [1.807, 2.05) is 0 Å². The van der Waals surface area contributed by atoms with E-state index < -0.39 is 15.8 Å². The minimum absolute atomic E-state index is 0.0385. The number of hydrogen-bond acceptors (Lipinski definition) is 6. The summed E-state index contributed by atoms with van der Waals surface area (Å²) in [6, 6.07) is 1.36. The van der Waals surface area contributed by atoms with Crippen LogP contribution in [0.4, 0.5) is 5.95 Å². The SMILES string of the molecule is Cc1cc(C(=O)O)nc(N(C)CCS(C)(=O)=O)n1. The molecule has 100 valence electrons. The van der Waals surface area contributed by atoms with E-state index in [-0.39, 0.29) is 23.9 Å². The summed E-state index contributed by atoms with van der Waals surface area (Å²) < 4.78 is 22.1. The van der Waals surface area contributed by atoms with Gasteiger partial charge in [-0.1, -0.05) is 0 Å². The van der Waals surface area contributed by atoms with Crippen LogP contribution in [0, 0.1) is 6.92 Å². The quantitative estimate of drug-likeness (QED) is 0.803. The summed E-state index contributed by atoms with van der Waals surface area (Å²) in [5.74, 6) is -0.974. The monoisotopic (exact) mass is 273 g/mol. The normalized spacial score (nSPS) is 11.3. The number of carboxylic acid groups (broad SMARTS) is 1. The predicted molar refractivity (Wildman–Crippen MR) is 66.7 cm³/mol. The standard InChI is InChI=1S/C10H15N3O4S/c1-7-6-8(9(14)15)12-10(11-7)13(2)4-5-18(3,16)17/h6H,4-5H2,1-3H3,(H,14,15). The molecule has 1 aromatic heterocycles. The number of hydrogen-bond donors (Lipinski definition) is 1. The fraction of sp³-hybridized carbons (Fsp3) is 0.500. The molecule has 8 heteroatoms. The van der Waals surface area contributed by atoms with Crippen LogP contribution in [0.25, 0.3) is 0 Å². The molecule has 7 nitrogen and oxygen atoms in total. The summed E-state index contributed by atoms with van der Waals surface area (Å²) in [6.07, 6.45) is 1.14. The number of sulfone groups is 1. The lowest BCUT2D eigenvalue weighted by atomic mass is 10.3. The highest BCUT2D eigenvalue weighted by atomic mass is 32.2. The first-order chi connectivity index (χ1) is 8.19. The van der Waals surface area contributed by atoms with Gasteiger partial charge in [0.05, 0.1) is 5.75 Å². The van der Waals surface area contributed by atoms with E-state index >= 15 is 0 Å². The minimum atomic E-state index is -3.08. The molecule has 0 aliphatic rings. The van der Waals surface area contributed by atoms with E-state index in [9.17, 15) is 13.2 Å². The molecule has 18 heavy (non-hydrogen) atoms. The van der Waals surface area contributed by atoms with E-state index in [0.717, 1.165) is 6.26 Å². The Balaban J connectivity index is 2.92. The maximum absolute atomic E-state index is 11.0. The highest BCUT2D eigenvalue weighted by Gasteiger charge is 2.13. The number of carboxylic acids is 1. The van der Waals surface area contributed by atoms with E-state index in [1.165, 1.54) is 11.0 Å². The van der Waals surface area contributed by atoms with Gasteiger partial charge in [-0.3, -0.25) is 0 Å². The Hall–Kier alpha value is -1.70. The zero-order chi connectivity index (χ0) is 13.9. The van der Waals surface area contributed by atoms with Gasteiger partial charge in [0.15, 0.2) is 5.69 Å². The van der Waals surface area contributed by atoms with Crippen molar-refractivity contribution in [1.82, 2.24) is 9.97 Å². The van der Waals surface area contributed by atoms with Crippen molar-refractivity contribution < 1.29 is 18.3 Å². The molecule has 0 bridgehead atoms. The fourth-order valence-corrected chi connectivity index (χ4v) is 1.84. The third-order valence-corrected chi connectivity index (χ3v) is 3.12. The zero-order valence-corrected chi connectivity index (χ0v) is 11.2. The number of aromatic carboxylic acids is 1. The second-order valence-electron chi connectivity index (χ2n) is 4.05. The molecular weight excluding hydrogens is 258 g/mol. The first kappa shape index (κ1) is 14.4. The first-order valence-corrected chi connectivity index (χ1v) is 7.23. The van der Waals surface area contributed by atoms with Crippen molar-refractivity contribution in [1.29, 1.82) is 0 Å². The molecule has 0 unspecified atom stereocenters. The Kier molecular flexibility index (Phi) is 4.23. The predicted octanol–water partition coefficient (Wildman–Crippen LogP) is -0.0360. The first-order valence-electron chi connectivity index (χ1n) is 5.17. The van der Waals surface area contributed by atoms with Gasteiger partial charge < -0.3 is 10.0 Å². The lowest BCUT2D eigenvalue weighted by Crippen LogP contribution is -2.27. The Morgan fingerprint density at radius 1 is 1.44 bits per heavy atom. The maximum Gasteiger partial charge on any atom is 0.354 e. The van der Waals surface area contributed by atoms with Crippen molar-refractivity contribution in [2.45, 2.75) is 6.92 Å². The van der Waals surface area contributed by atoms with Crippen LogP contribution in [-0.4, -0.2) is 55.1 Å². The molecule has 0 aromatic carbocycles. The van der Waals surface area contributed by atoms with Crippen LogP contribution >= 0.6 is 0 Å². The summed E-state index contributed by atoms with van der Waals surface area (Å²) in [4.78, 5) is 20.3. The summed E-state index contributed by atoms with van der Waals surface area (Å²) >= 11 is 0. The molecule has 1 aromatic rings. The average molecular weight is 273 g/mol. The van der Waals surface area contributed by atoms with E-state index in [2.05, 4.69) is 9.97 Å². The Labute approximate surface area is 105 Å². The number of carbonyl (C=O) groups is 1. The third kappa shape index (κ3) is 4.28. The third-order valence-electron chi connectivity index (χ3n) is 2.20. The van der Waals surface area contributed by atoms with Gasteiger partial charge in [-0.05, 0) is 13.0 Å². The Bertz CT molecular complexity index is 556. The molecule has 0 aliphatic carbocycles. The second kappa shape index (κ2) is 5.30. The summed E-state index contributed by atoms with van der Waals surface area (Å²) in [5, 5.41) is 8.87. The molecule has 1 heterocycles. The van der Waals surface area contributed by atoms with Crippen molar-refractivity contribution in [3.63, 3.8) is 0 Å². The van der Waals surface area contributed by atoms with Crippen molar-refractivity contribution in [3.05, 3.63) is 17.5 Å². The Morgan fingerprint density at radius 2 is 2.06 bits per heavy atom. The topological polar surface area (TPSA) is 100 Å². The number of rotatable bonds is 5. The van der Waals surface area contributed by atoms with E-state index in [4.69, 9.17) is 5.11 Å². The lowest BCUT2D eigenvalue weighted by molar-refractivity contribution is 0.0690. The van der Waals surface area contributed by atoms with Crippen molar-refractivity contribution in [2.75, 3.05) is 30.5 Å². The molecule has 0 spiro atoms. The van der Waals surface area contributed by atoms with Gasteiger partial charge in [-0.15, -0.1) is 0 Å². The van der Waals surface area contributed by atoms with Crippen molar-refractivity contribution in [3.8, 4) is 0 Å². The molecule has 1 N–H and O–H groups in total. The Morgan fingerprint density at radius 3 is 2.56 bits per heavy atom. The highest BCUT2D eigenvalue weighted by molar-refractivity contribution is 7.90. The second-order valence-corrected chi connectivity index (χ2v) is 6.31. The van der Waals surface area contributed by atoms with Gasteiger partial charge in [0.2, 0.25) is 5.95 Å². The van der Waals surface area contributed by atoms with E-state index in [0.29, 0.717) is 5.69 Å². The maximum atomic E-state index is 11.0. The lowest BCUT2D eigenvalue weighted by Gasteiger charge is -2.16. The molecule has 0 saturated heterocycles. The van der Waals surface area contributed by atoms with Gasteiger partial charge in [0, 0.05) is 25.5 Å². The zero-order valence-electron chi connectivity index (χ0n) is 10.4. The minimum Gasteiger partial charge on any atom is -0.477 e. The molecule has 1 rings (SSSR count). The molecule has 0 radical (unpaired) electrons. The summed E-state index contributed by atoms with van der Waals surface area (Å²) in [7, 11) is -1.46. The molecule has 0 amide bonds.